The minimum Gasteiger partial charge on any atom is -0.508 e. The van der Waals surface area contributed by atoms with Crippen molar-refractivity contribution in [2.75, 3.05) is 19.6 Å². The summed E-state index contributed by atoms with van der Waals surface area (Å²) in [6, 6.07) is 14.9. The smallest absolute Gasteiger partial charge is 0.240 e. The predicted octanol–water partition coefficient (Wildman–Crippen LogP) is 4.02. The summed E-state index contributed by atoms with van der Waals surface area (Å²) in [7, 11) is 0. The Morgan fingerprint density at radius 1 is 1.07 bits per heavy atom. The number of rotatable bonds is 4. The highest BCUT2D eigenvalue weighted by Crippen LogP contribution is 2.40. The highest BCUT2D eigenvalue weighted by molar-refractivity contribution is 5.84. The van der Waals surface area contributed by atoms with Crippen LogP contribution in [0, 0.1) is 6.92 Å². The molecule has 0 unspecified atom stereocenters. The van der Waals surface area contributed by atoms with E-state index in [4.69, 9.17) is 0 Å². The molecule has 0 bridgehead atoms. The van der Waals surface area contributed by atoms with E-state index in [-0.39, 0.29) is 30.2 Å². The molecule has 0 aromatic heterocycles. The van der Waals surface area contributed by atoms with Crippen molar-refractivity contribution in [3.63, 3.8) is 0 Å². The zero-order chi connectivity index (χ0) is 20.6. The number of alkyl halides is 1. The van der Waals surface area contributed by atoms with Gasteiger partial charge in [0.1, 0.15) is 11.4 Å². The fourth-order valence-electron chi connectivity index (χ4n) is 4.80. The quantitative estimate of drug-likeness (QED) is 0.849. The first-order valence-corrected chi connectivity index (χ1v) is 10.4. The molecule has 1 amide bonds. The Balaban J connectivity index is 1.41. The van der Waals surface area contributed by atoms with Crippen molar-refractivity contribution in [1.29, 1.82) is 0 Å². The Hall–Kier alpha value is -2.40. The molecule has 0 aliphatic carbocycles. The van der Waals surface area contributed by atoms with Crippen LogP contribution in [0.15, 0.2) is 48.5 Å². The summed E-state index contributed by atoms with van der Waals surface area (Å²) in [6.07, 6.45) is 1.42. The van der Waals surface area contributed by atoms with Crippen LogP contribution >= 0.6 is 0 Å². The van der Waals surface area contributed by atoms with E-state index in [0.717, 1.165) is 24.1 Å². The number of likely N-dealkylation sites (tertiary alicyclic amines) is 2. The average molecular weight is 397 g/mol. The molecule has 2 saturated heterocycles. The molecule has 154 valence electrons. The predicted molar refractivity (Wildman–Crippen MR) is 112 cm³/mol. The molecule has 2 aromatic rings. The second kappa shape index (κ2) is 7.79. The van der Waals surface area contributed by atoms with Gasteiger partial charge in [0.15, 0.2) is 0 Å². The first-order valence-electron chi connectivity index (χ1n) is 10.4. The van der Waals surface area contributed by atoms with E-state index in [2.05, 4.69) is 31.2 Å². The van der Waals surface area contributed by atoms with Crippen LogP contribution in [0.5, 0.6) is 5.75 Å². The van der Waals surface area contributed by atoms with Gasteiger partial charge < -0.3 is 10.0 Å². The Kier molecular flexibility index (Phi) is 5.34. The first-order chi connectivity index (χ1) is 13.8. The Morgan fingerprint density at radius 3 is 2.41 bits per heavy atom. The van der Waals surface area contributed by atoms with Gasteiger partial charge >= 0.3 is 0 Å². The van der Waals surface area contributed by atoms with Gasteiger partial charge in [-0.15, -0.1) is 0 Å². The van der Waals surface area contributed by atoms with E-state index in [1.165, 1.54) is 5.56 Å². The van der Waals surface area contributed by atoms with Crippen molar-refractivity contribution in [2.45, 2.75) is 50.9 Å². The van der Waals surface area contributed by atoms with Crippen LogP contribution in [0.4, 0.5) is 4.39 Å². The molecule has 29 heavy (non-hydrogen) atoms. The van der Waals surface area contributed by atoms with Gasteiger partial charge in [0, 0.05) is 25.6 Å². The lowest BCUT2D eigenvalue weighted by atomic mass is 9.78. The zero-order valence-corrected chi connectivity index (χ0v) is 17.1. The van der Waals surface area contributed by atoms with Gasteiger partial charge in [0.2, 0.25) is 5.91 Å². The molecule has 0 saturated carbocycles. The number of nitrogens with zero attached hydrogens (tertiary/aromatic N) is 2. The lowest BCUT2D eigenvalue weighted by molar-refractivity contribution is -0.134. The normalized spacial score (nSPS) is 28.1. The van der Waals surface area contributed by atoms with Gasteiger partial charge in [0.25, 0.3) is 0 Å². The summed E-state index contributed by atoms with van der Waals surface area (Å²) in [6.45, 7) is 5.99. The van der Waals surface area contributed by atoms with Crippen LogP contribution < -0.4 is 0 Å². The van der Waals surface area contributed by atoms with Crippen LogP contribution in [0.3, 0.4) is 0 Å². The minimum absolute atomic E-state index is 0.115. The van der Waals surface area contributed by atoms with E-state index in [0.29, 0.717) is 19.5 Å². The molecule has 3 atom stereocenters. The van der Waals surface area contributed by atoms with Crippen molar-refractivity contribution in [1.82, 2.24) is 9.80 Å². The molecule has 2 aromatic carbocycles. The van der Waals surface area contributed by atoms with Gasteiger partial charge in [-0.2, -0.15) is 0 Å². The van der Waals surface area contributed by atoms with Crippen molar-refractivity contribution >= 4 is 5.91 Å². The molecule has 2 aliphatic heterocycles. The van der Waals surface area contributed by atoms with Crippen molar-refractivity contribution in [2.24, 2.45) is 0 Å². The number of hydrogen-bond donors (Lipinski definition) is 1. The van der Waals surface area contributed by atoms with Crippen LogP contribution in [-0.4, -0.2) is 52.2 Å². The van der Waals surface area contributed by atoms with E-state index in [1.54, 1.807) is 31.2 Å². The molecular weight excluding hydrogens is 367 g/mol. The Bertz CT molecular complexity index is 863. The van der Waals surface area contributed by atoms with E-state index < -0.39 is 5.67 Å². The summed E-state index contributed by atoms with van der Waals surface area (Å²) in [4.78, 5) is 16.9. The Labute approximate surface area is 171 Å². The third-order valence-corrected chi connectivity index (χ3v) is 6.44. The third kappa shape index (κ3) is 4.15. The largest absolute Gasteiger partial charge is 0.508 e. The van der Waals surface area contributed by atoms with E-state index in [9.17, 15) is 9.90 Å². The van der Waals surface area contributed by atoms with Gasteiger partial charge in [0.05, 0.1) is 6.04 Å². The molecular formula is C24H29FN2O2. The molecule has 0 radical (unpaired) electrons. The molecule has 4 nitrogen and oxygen atoms in total. The lowest BCUT2D eigenvalue weighted by Crippen LogP contribution is -2.53. The first kappa shape index (κ1) is 19.9. The number of carbonyl (C=O) groups is 1. The number of piperidine rings is 1. The minimum atomic E-state index is -1.42. The summed E-state index contributed by atoms with van der Waals surface area (Å²) >= 11 is 0. The molecule has 0 spiro atoms. The second-order valence-corrected chi connectivity index (χ2v) is 8.73. The van der Waals surface area contributed by atoms with Crippen molar-refractivity contribution in [3.05, 3.63) is 65.2 Å². The molecule has 1 N–H and O–H groups in total. The van der Waals surface area contributed by atoms with Gasteiger partial charge in [-0.25, -0.2) is 4.39 Å². The number of phenols is 1. The Morgan fingerprint density at radius 2 is 1.76 bits per heavy atom. The van der Waals surface area contributed by atoms with E-state index >= 15 is 4.39 Å². The maximum absolute atomic E-state index is 15.6. The van der Waals surface area contributed by atoms with Crippen molar-refractivity contribution < 1.29 is 14.3 Å². The summed E-state index contributed by atoms with van der Waals surface area (Å²) in [5.74, 6) is 0.0842. The molecule has 2 heterocycles. The standard InChI is InChI=1S/C24H29FN2O2/c1-17-3-5-18(6-4-17)15-26-14-12-22(23(26)29)27-13-11-21(24(2,25)16-27)19-7-9-20(28)10-8-19/h3-10,21-22,28H,11-16H2,1-2H3/t21-,22+,24-/m0/s1. The lowest BCUT2D eigenvalue weighted by Gasteiger charge is -2.43. The zero-order valence-electron chi connectivity index (χ0n) is 17.1. The van der Waals surface area contributed by atoms with E-state index in [1.807, 2.05) is 9.80 Å². The van der Waals surface area contributed by atoms with Gasteiger partial charge in [-0.3, -0.25) is 9.69 Å². The fourth-order valence-corrected chi connectivity index (χ4v) is 4.80. The number of hydrogen-bond acceptors (Lipinski definition) is 3. The third-order valence-electron chi connectivity index (χ3n) is 6.44. The summed E-state index contributed by atoms with van der Waals surface area (Å²) in [5.41, 5.74) is 1.83. The highest BCUT2D eigenvalue weighted by atomic mass is 19.1. The number of aromatic hydroxyl groups is 1. The number of aryl methyl sites for hydroxylation is 1. The summed E-state index contributed by atoms with van der Waals surface area (Å²) in [5, 5.41) is 9.50. The SMILES string of the molecule is Cc1ccc(CN2CC[C@@H](N3CC[C@@H](c4ccc(O)cc4)[C@@](C)(F)C3)C2=O)cc1. The number of benzene rings is 2. The van der Waals surface area contributed by atoms with Crippen LogP contribution in [0.1, 0.15) is 42.4 Å². The molecule has 5 heteroatoms. The summed E-state index contributed by atoms with van der Waals surface area (Å²) < 4.78 is 15.6. The maximum atomic E-state index is 15.6. The van der Waals surface area contributed by atoms with Gasteiger partial charge in [-0.05, 0) is 56.5 Å². The topological polar surface area (TPSA) is 43.8 Å². The number of phenolic OH excluding ortho intramolecular Hbond substituents is 1. The van der Waals surface area contributed by atoms with Gasteiger partial charge in [-0.1, -0.05) is 42.0 Å². The molecule has 2 fully saturated rings. The fraction of sp³-hybridized carbons (Fsp3) is 0.458. The van der Waals surface area contributed by atoms with Crippen LogP contribution in [0.25, 0.3) is 0 Å². The number of carbonyl (C=O) groups excluding carboxylic acids is 1. The maximum Gasteiger partial charge on any atom is 0.240 e. The van der Waals surface area contributed by atoms with Crippen LogP contribution in [-0.2, 0) is 11.3 Å². The van der Waals surface area contributed by atoms with Crippen molar-refractivity contribution in [3.8, 4) is 5.75 Å². The number of halogens is 1. The van der Waals surface area contributed by atoms with Crippen LogP contribution in [0.2, 0.25) is 0 Å². The highest BCUT2D eigenvalue weighted by Gasteiger charge is 2.45. The molecule has 4 rings (SSSR count). The second-order valence-electron chi connectivity index (χ2n) is 8.73. The average Bonchev–Trinajstić information content (AvgIpc) is 3.04. The number of amides is 1. The monoisotopic (exact) mass is 396 g/mol. The molecule has 2 aliphatic rings.